The molecule has 0 unspecified atom stereocenters. The van der Waals surface area contributed by atoms with Crippen LogP contribution in [0.5, 0.6) is 0 Å². The number of carbonyl (C=O) groups is 1. The van der Waals surface area contributed by atoms with Crippen LogP contribution in [0, 0.1) is 0 Å². The molecule has 0 amide bonds. The van der Waals surface area contributed by atoms with Crippen molar-refractivity contribution in [2.24, 2.45) is 0 Å². The summed E-state index contributed by atoms with van der Waals surface area (Å²) in [6, 6.07) is 0. The van der Waals surface area contributed by atoms with Crippen molar-refractivity contribution in [3.8, 4) is 0 Å². The number of esters is 1. The van der Waals surface area contributed by atoms with E-state index in [1.807, 2.05) is 0 Å². The molecular formula is C42H84O4. The van der Waals surface area contributed by atoms with Crippen LogP contribution in [0.25, 0.3) is 0 Å². The first-order valence-corrected chi connectivity index (χ1v) is 21.0. The summed E-state index contributed by atoms with van der Waals surface area (Å²) < 4.78 is 16.5. The number of methoxy groups -OCH3 is 1. The minimum Gasteiger partial charge on any atom is -0.462 e. The molecule has 0 aromatic rings. The van der Waals surface area contributed by atoms with Crippen molar-refractivity contribution < 1.29 is 19.0 Å². The first kappa shape index (κ1) is 45.4. The lowest BCUT2D eigenvalue weighted by atomic mass is 10.0. The molecule has 0 aliphatic rings. The van der Waals surface area contributed by atoms with E-state index in [0.717, 1.165) is 19.3 Å². The third-order valence-corrected chi connectivity index (χ3v) is 9.66. The zero-order valence-electron chi connectivity index (χ0n) is 31.9. The van der Waals surface area contributed by atoms with Crippen molar-refractivity contribution in [2.75, 3.05) is 26.9 Å². The lowest BCUT2D eigenvalue weighted by Crippen LogP contribution is -2.19. The minimum absolute atomic E-state index is 0.0396. The maximum absolute atomic E-state index is 12.6. The molecule has 0 spiro atoms. The van der Waals surface area contributed by atoms with E-state index in [1.54, 1.807) is 7.11 Å². The van der Waals surface area contributed by atoms with Crippen molar-refractivity contribution in [3.63, 3.8) is 0 Å². The average molecular weight is 653 g/mol. The molecule has 0 bridgehead atoms. The third-order valence-electron chi connectivity index (χ3n) is 9.66. The Bertz CT molecular complexity index is 532. The number of hydrogen-bond donors (Lipinski definition) is 0. The second-order valence-corrected chi connectivity index (χ2v) is 14.3. The Morgan fingerprint density at radius 3 is 1.07 bits per heavy atom. The Kier molecular flexibility index (Phi) is 40.0. The lowest BCUT2D eigenvalue weighted by Gasteiger charge is -2.18. The molecule has 4 nitrogen and oxygen atoms in total. The monoisotopic (exact) mass is 653 g/mol. The molecule has 276 valence electrons. The smallest absolute Gasteiger partial charge is 0.306 e. The summed E-state index contributed by atoms with van der Waals surface area (Å²) in [6.07, 6.45) is 44.9. The van der Waals surface area contributed by atoms with Crippen LogP contribution in [0.3, 0.4) is 0 Å². The molecule has 0 heterocycles. The highest BCUT2D eigenvalue weighted by atomic mass is 16.5. The van der Waals surface area contributed by atoms with Crippen LogP contribution in [-0.2, 0) is 19.0 Å². The number of hydrogen-bond acceptors (Lipinski definition) is 4. The molecular weight excluding hydrogens is 568 g/mol. The number of carbonyl (C=O) groups excluding carboxylic acids is 1. The van der Waals surface area contributed by atoms with Gasteiger partial charge < -0.3 is 14.2 Å². The van der Waals surface area contributed by atoms with Crippen LogP contribution in [0.15, 0.2) is 0 Å². The molecule has 46 heavy (non-hydrogen) atoms. The van der Waals surface area contributed by atoms with Crippen molar-refractivity contribution in [1.29, 1.82) is 0 Å². The minimum atomic E-state index is -0.0396. The zero-order valence-corrected chi connectivity index (χ0v) is 31.9. The summed E-state index contributed by atoms with van der Waals surface area (Å²) in [4.78, 5) is 12.6. The van der Waals surface area contributed by atoms with E-state index < -0.39 is 0 Å². The predicted octanol–water partition coefficient (Wildman–Crippen LogP) is 13.9. The third kappa shape index (κ3) is 37.8. The summed E-state index contributed by atoms with van der Waals surface area (Å²) >= 11 is 0. The van der Waals surface area contributed by atoms with Gasteiger partial charge in [0.15, 0.2) is 0 Å². The molecule has 0 aromatic heterocycles. The molecule has 0 atom stereocenters. The van der Waals surface area contributed by atoms with Gasteiger partial charge in [-0.2, -0.15) is 0 Å². The van der Waals surface area contributed by atoms with E-state index in [2.05, 4.69) is 13.8 Å². The highest BCUT2D eigenvalue weighted by Crippen LogP contribution is 2.19. The van der Waals surface area contributed by atoms with Crippen LogP contribution in [0.4, 0.5) is 0 Å². The van der Waals surface area contributed by atoms with E-state index in [-0.39, 0.29) is 12.1 Å². The fourth-order valence-corrected chi connectivity index (χ4v) is 6.56. The predicted molar refractivity (Wildman–Crippen MR) is 201 cm³/mol. The van der Waals surface area contributed by atoms with Crippen LogP contribution in [0.1, 0.15) is 232 Å². The Labute approximate surface area is 289 Å². The molecule has 0 aromatic carbocycles. The van der Waals surface area contributed by atoms with Gasteiger partial charge in [0.25, 0.3) is 0 Å². The van der Waals surface area contributed by atoms with Gasteiger partial charge in [0.2, 0.25) is 0 Å². The molecule has 0 aliphatic heterocycles. The summed E-state index contributed by atoms with van der Waals surface area (Å²) in [7, 11) is 1.68. The van der Waals surface area contributed by atoms with Gasteiger partial charge in [0.05, 0.1) is 13.2 Å². The summed E-state index contributed by atoms with van der Waals surface area (Å²) in [5.41, 5.74) is 0. The van der Waals surface area contributed by atoms with Crippen LogP contribution < -0.4 is 0 Å². The quantitative estimate of drug-likeness (QED) is 0.0488. The first-order valence-electron chi connectivity index (χ1n) is 21.0. The summed E-state index contributed by atoms with van der Waals surface area (Å²) in [6.45, 7) is 6.38. The van der Waals surface area contributed by atoms with Crippen molar-refractivity contribution >= 4 is 5.97 Å². The van der Waals surface area contributed by atoms with Crippen molar-refractivity contribution in [2.45, 2.75) is 238 Å². The topological polar surface area (TPSA) is 44.8 Å². The van der Waals surface area contributed by atoms with E-state index in [0.29, 0.717) is 26.2 Å². The lowest BCUT2D eigenvalue weighted by molar-refractivity contribution is -0.150. The normalized spacial score (nSPS) is 11.6. The fourth-order valence-electron chi connectivity index (χ4n) is 6.56. The molecule has 0 saturated carbocycles. The number of ether oxygens (including phenoxy) is 3. The standard InChI is InChI=1S/C42H84O4/c1-4-6-8-10-12-14-16-18-20-22-24-26-28-30-32-35-41(46-42(43)37-34-38-45-40-39-44-3)36-33-31-29-27-25-23-21-19-17-15-13-11-9-7-5-2/h41H,4-40H2,1-3H3. The van der Waals surface area contributed by atoms with Gasteiger partial charge in [0, 0.05) is 20.1 Å². The Hall–Kier alpha value is -0.610. The summed E-state index contributed by atoms with van der Waals surface area (Å²) in [5, 5.41) is 0. The van der Waals surface area contributed by atoms with E-state index in [1.165, 1.54) is 193 Å². The van der Waals surface area contributed by atoms with Crippen LogP contribution in [-0.4, -0.2) is 39.0 Å². The Morgan fingerprint density at radius 1 is 0.413 bits per heavy atom. The van der Waals surface area contributed by atoms with Gasteiger partial charge in [-0.3, -0.25) is 4.79 Å². The van der Waals surface area contributed by atoms with Crippen LogP contribution >= 0.6 is 0 Å². The van der Waals surface area contributed by atoms with Gasteiger partial charge in [0.1, 0.15) is 6.10 Å². The Balaban J connectivity index is 3.95. The number of rotatable bonds is 40. The largest absolute Gasteiger partial charge is 0.462 e. The van der Waals surface area contributed by atoms with Gasteiger partial charge in [-0.05, 0) is 32.1 Å². The molecule has 0 N–H and O–H groups in total. The second-order valence-electron chi connectivity index (χ2n) is 14.3. The molecule has 0 saturated heterocycles. The molecule has 0 radical (unpaired) electrons. The van der Waals surface area contributed by atoms with Crippen molar-refractivity contribution in [3.05, 3.63) is 0 Å². The second kappa shape index (κ2) is 40.6. The maximum atomic E-state index is 12.6. The van der Waals surface area contributed by atoms with Gasteiger partial charge in [-0.1, -0.05) is 194 Å². The first-order chi connectivity index (χ1) is 22.7. The average Bonchev–Trinajstić information content (AvgIpc) is 3.06. The van der Waals surface area contributed by atoms with E-state index >= 15 is 0 Å². The van der Waals surface area contributed by atoms with Crippen molar-refractivity contribution in [1.82, 2.24) is 0 Å². The maximum Gasteiger partial charge on any atom is 0.306 e. The molecule has 0 rings (SSSR count). The number of unbranched alkanes of at least 4 members (excludes halogenated alkanes) is 28. The van der Waals surface area contributed by atoms with Gasteiger partial charge in [-0.15, -0.1) is 0 Å². The van der Waals surface area contributed by atoms with E-state index in [4.69, 9.17) is 14.2 Å². The Morgan fingerprint density at radius 2 is 0.739 bits per heavy atom. The highest BCUT2D eigenvalue weighted by molar-refractivity contribution is 5.69. The van der Waals surface area contributed by atoms with E-state index in [9.17, 15) is 4.79 Å². The molecule has 0 fully saturated rings. The molecule has 0 aliphatic carbocycles. The SMILES string of the molecule is CCCCCCCCCCCCCCCCCC(CCCCCCCCCCCCCCCCC)OC(=O)CCCOCCOC. The summed E-state index contributed by atoms with van der Waals surface area (Å²) in [5.74, 6) is -0.0396. The van der Waals surface area contributed by atoms with Crippen LogP contribution in [0.2, 0.25) is 0 Å². The molecule has 4 heteroatoms. The zero-order chi connectivity index (χ0) is 33.4. The van der Waals surface area contributed by atoms with Gasteiger partial charge >= 0.3 is 5.97 Å². The fraction of sp³-hybridized carbons (Fsp3) is 0.976. The highest BCUT2D eigenvalue weighted by Gasteiger charge is 2.14. The van der Waals surface area contributed by atoms with Gasteiger partial charge in [-0.25, -0.2) is 0 Å².